The van der Waals surface area contributed by atoms with Gasteiger partial charge in [-0.2, -0.15) is 5.10 Å². The van der Waals surface area contributed by atoms with Crippen molar-refractivity contribution in [2.75, 3.05) is 38.6 Å². The molecule has 0 saturated carbocycles. The maximum absolute atomic E-state index is 11.8. The van der Waals surface area contributed by atoms with Crippen LogP contribution in [0.3, 0.4) is 0 Å². The van der Waals surface area contributed by atoms with Crippen molar-refractivity contribution in [2.24, 2.45) is 11.8 Å². The molecule has 7 nitrogen and oxygen atoms in total. The molecule has 1 atom stereocenters. The van der Waals surface area contributed by atoms with Crippen LogP contribution in [-0.2, 0) is 27.8 Å². The van der Waals surface area contributed by atoms with Gasteiger partial charge < -0.3 is 4.74 Å². The van der Waals surface area contributed by atoms with Gasteiger partial charge in [-0.15, -0.1) is 0 Å². The summed E-state index contributed by atoms with van der Waals surface area (Å²) in [4.78, 5) is 2.46. The molecule has 1 saturated heterocycles. The first-order valence-corrected chi connectivity index (χ1v) is 10.5. The Hall–Kier alpha value is -0.960. The van der Waals surface area contributed by atoms with Crippen LogP contribution in [0.25, 0.3) is 0 Å². The van der Waals surface area contributed by atoms with Crippen LogP contribution in [0.4, 0.5) is 0 Å². The van der Waals surface area contributed by atoms with Gasteiger partial charge in [0.15, 0.2) is 0 Å². The fourth-order valence-electron chi connectivity index (χ4n) is 3.53. The quantitative estimate of drug-likeness (QED) is 0.811. The predicted molar refractivity (Wildman–Crippen MR) is 92.0 cm³/mol. The highest BCUT2D eigenvalue weighted by Gasteiger charge is 2.26. The Kier molecular flexibility index (Phi) is 5.91. The summed E-state index contributed by atoms with van der Waals surface area (Å²) in [6, 6.07) is 2.07. The molecule has 0 radical (unpaired) electrons. The van der Waals surface area contributed by atoms with Crippen LogP contribution in [-0.4, -0.2) is 61.7 Å². The third-order valence-electron chi connectivity index (χ3n) is 4.97. The maximum atomic E-state index is 11.8. The predicted octanol–water partition coefficient (Wildman–Crippen LogP) is 0.681. The molecule has 0 bridgehead atoms. The highest BCUT2D eigenvalue weighted by atomic mass is 32.2. The van der Waals surface area contributed by atoms with E-state index < -0.39 is 10.0 Å². The maximum Gasteiger partial charge on any atom is 0.211 e. The molecular formula is C16H28N4O3S. The zero-order valence-electron chi connectivity index (χ0n) is 14.4. The largest absolute Gasteiger partial charge is 0.381 e. The molecule has 3 rings (SSSR count). The average molecular weight is 356 g/mol. The lowest BCUT2D eigenvalue weighted by Crippen LogP contribution is -2.39. The van der Waals surface area contributed by atoms with Crippen molar-refractivity contribution in [1.82, 2.24) is 19.4 Å². The Morgan fingerprint density at radius 1 is 1.29 bits per heavy atom. The van der Waals surface area contributed by atoms with Crippen LogP contribution in [0.15, 0.2) is 12.3 Å². The molecule has 136 valence electrons. The van der Waals surface area contributed by atoms with E-state index in [1.165, 1.54) is 5.69 Å². The number of sulfonamides is 1. The monoisotopic (exact) mass is 356 g/mol. The molecule has 0 aliphatic carbocycles. The summed E-state index contributed by atoms with van der Waals surface area (Å²) >= 11 is 0. The molecule has 3 heterocycles. The molecule has 8 heteroatoms. The van der Waals surface area contributed by atoms with Gasteiger partial charge in [-0.05, 0) is 31.7 Å². The third kappa shape index (κ3) is 4.78. The summed E-state index contributed by atoms with van der Waals surface area (Å²) < 4.78 is 33.7. The molecule has 1 fully saturated rings. The van der Waals surface area contributed by atoms with Gasteiger partial charge >= 0.3 is 0 Å². The average Bonchev–Trinajstić information content (AvgIpc) is 2.93. The standard InChI is InChI=1S/C16H28N4O3S/c1-2-24(21,22)18-9-15-11-19(10-14-4-7-23-8-5-14)13-16-3-6-17-20(16)12-15/h3,6,14-15,18H,2,4-5,7-13H2,1H3/t15-/m0/s1. The van der Waals surface area contributed by atoms with Crippen molar-refractivity contribution in [3.63, 3.8) is 0 Å². The molecule has 0 unspecified atom stereocenters. The van der Waals surface area contributed by atoms with Crippen LogP contribution in [0.2, 0.25) is 0 Å². The molecule has 0 spiro atoms. The van der Waals surface area contributed by atoms with Gasteiger partial charge in [0, 0.05) is 58.1 Å². The Balaban J connectivity index is 1.65. The number of nitrogens with zero attached hydrogens (tertiary/aromatic N) is 3. The molecule has 2 aliphatic heterocycles. The van der Waals surface area contributed by atoms with E-state index in [-0.39, 0.29) is 11.7 Å². The first-order chi connectivity index (χ1) is 11.6. The summed E-state index contributed by atoms with van der Waals surface area (Å²) in [5.74, 6) is 1.02. The highest BCUT2D eigenvalue weighted by Crippen LogP contribution is 2.21. The molecule has 0 amide bonds. The van der Waals surface area contributed by atoms with Crippen molar-refractivity contribution in [1.29, 1.82) is 0 Å². The molecule has 1 N–H and O–H groups in total. The van der Waals surface area contributed by atoms with Crippen LogP contribution in [0, 0.1) is 11.8 Å². The van der Waals surface area contributed by atoms with Crippen molar-refractivity contribution in [2.45, 2.75) is 32.9 Å². The summed E-state index contributed by atoms with van der Waals surface area (Å²) in [5.41, 5.74) is 1.21. The second-order valence-electron chi connectivity index (χ2n) is 6.87. The number of rotatable bonds is 6. The molecule has 24 heavy (non-hydrogen) atoms. The molecular weight excluding hydrogens is 328 g/mol. The summed E-state index contributed by atoms with van der Waals surface area (Å²) in [6.07, 6.45) is 4.06. The van der Waals surface area contributed by atoms with Crippen molar-refractivity contribution in [3.8, 4) is 0 Å². The molecule has 1 aromatic heterocycles. The lowest BCUT2D eigenvalue weighted by atomic mass is 9.99. The number of nitrogens with one attached hydrogen (secondary N) is 1. The Labute approximate surface area is 144 Å². The van der Waals surface area contributed by atoms with E-state index in [0.29, 0.717) is 12.5 Å². The zero-order chi connectivity index (χ0) is 17.0. The van der Waals surface area contributed by atoms with Gasteiger partial charge in [0.25, 0.3) is 0 Å². The lowest BCUT2D eigenvalue weighted by Gasteiger charge is -2.30. The Morgan fingerprint density at radius 2 is 2.08 bits per heavy atom. The smallest absolute Gasteiger partial charge is 0.211 e. The number of fused-ring (bicyclic) bond motifs is 1. The minimum Gasteiger partial charge on any atom is -0.381 e. The highest BCUT2D eigenvalue weighted by molar-refractivity contribution is 7.89. The summed E-state index contributed by atoms with van der Waals surface area (Å²) in [5, 5.41) is 4.41. The van der Waals surface area contributed by atoms with Gasteiger partial charge in [0.1, 0.15) is 0 Å². The van der Waals surface area contributed by atoms with E-state index in [4.69, 9.17) is 4.74 Å². The second-order valence-corrected chi connectivity index (χ2v) is 8.97. The van der Waals surface area contributed by atoms with Gasteiger partial charge in [-0.1, -0.05) is 0 Å². The SMILES string of the molecule is CCS(=O)(=O)NC[C@H]1CN(CC2CCOCC2)Cc2ccnn2C1. The Bertz CT molecular complexity index is 625. The number of ether oxygens (including phenoxy) is 1. The van der Waals surface area contributed by atoms with E-state index in [2.05, 4.69) is 20.8 Å². The number of hydrogen-bond acceptors (Lipinski definition) is 5. The Morgan fingerprint density at radius 3 is 2.83 bits per heavy atom. The van der Waals surface area contributed by atoms with Crippen molar-refractivity contribution in [3.05, 3.63) is 18.0 Å². The summed E-state index contributed by atoms with van der Waals surface area (Å²) in [6.45, 7) is 7.44. The van der Waals surface area contributed by atoms with Crippen molar-refractivity contribution >= 4 is 10.0 Å². The first kappa shape index (κ1) is 17.8. The molecule has 0 aromatic carbocycles. The minimum atomic E-state index is -3.15. The van der Waals surface area contributed by atoms with Gasteiger partial charge in [0.2, 0.25) is 10.0 Å². The van der Waals surface area contributed by atoms with Crippen LogP contribution >= 0.6 is 0 Å². The molecule has 1 aromatic rings. The normalized spacial score (nSPS) is 23.8. The van der Waals surface area contributed by atoms with Crippen molar-refractivity contribution < 1.29 is 13.2 Å². The molecule has 2 aliphatic rings. The van der Waals surface area contributed by atoms with Gasteiger partial charge in [-0.3, -0.25) is 9.58 Å². The van der Waals surface area contributed by atoms with E-state index >= 15 is 0 Å². The van der Waals surface area contributed by atoms with E-state index in [1.807, 2.05) is 10.9 Å². The van der Waals surface area contributed by atoms with Gasteiger partial charge in [-0.25, -0.2) is 13.1 Å². The zero-order valence-corrected chi connectivity index (χ0v) is 15.2. The fraction of sp³-hybridized carbons (Fsp3) is 0.812. The van der Waals surface area contributed by atoms with E-state index in [0.717, 1.165) is 52.2 Å². The van der Waals surface area contributed by atoms with E-state index in [1.54, 1.807) is 6.92 Å². The lowest BCUT2D eigenvalue weighted by molar-refractivity contribution is 0.0496. The van der Waals surface area contributed by atoms with Gasteiger partial charge in [0.05, 0.1) is 11.4 Å². The van der Waals surface area contributed by atoms with Crippen LogP contribution in [0.1, 0.15) is 25.5 Å². The third-order valence-corrected chi connectivity index (χ3v) is 6.33. The number of aromatic nitrogens is 2. The minimum absolute atomic E-state index is 0.124. The fourth-order valence-corrected chi connectivity index (χ4v) is 4.22. The first-order valence-electron chi connectivity index (χ1n) is 8.84. The summed E-state index contributed by atoms with van der Waals surface area (Å²) in [7, 11) is -3.15. The second kappa shape index (κ2) is 7.95. The van der Waals surface area contributed by atoms with Crippen LogP contribution in [0.5, 0.6) is 0 Å². The van der Waals surface area contributed by atoms with E-state index in [9.17, 15) is 8.42 Å². The number of hydrogen-bond donors (Lipinski definition) is 1. The van der Waals surface area contributed by atoms with Crippen LogP contribution < -0.4 is 4.72 Å². The topological polar surface area (TPSA) is 76.5 Å².